The SMILES string of the molecule is O=C(NCCc1ccc(F)cc1)C1=NS(=O)(=O)c2ccccc2N1. The van der Waals surface area contributed by atoms with Gasteiger partial charge in [-0.25, -0.2) is 4.39 Å². The van der Waals surface area contributed by atoms with Crippen LogP contribution in [0.25, 0.3) is 0 Å². The molecule has 1 heterocycles. The molecule has 1 aliphatic rings. The number of para-hydroxylation sites is 1. The molecular weight excluding hydrogens is 333 g/mol. The van der Waals surface area contributed by atoms with Gasteiger partial charge in [-0.2, -0.15) is 8.42 Å². The Bertz CT molecular complexity index is 908. The molecule has 6 nitrogen and oxygen atoms in total. The molecule has 0 spiro atoms. The van der Waals surface area contributed by atoms with Crippen molar-refractivity contribution in [2.45, 2.75) is 11.3 Å². The summed E-state index contributed by atoms with van der Waals surface area (Å²) in [4.78, 5) is 12.1. The minimum atomic E-state index is -3.90. The number of carbonyl (C=O) groups excluding carboxylic acids is 1. The van der Waals surface area contributed by atoms with Gasteiger partial charge in [-0.05, 0) is 36.2 Å². The van der Waals surface area contributed by atoms with Crippen molar-refractivity contribution < 1.29 is 17.6 Å². The van der Waals surface area contributed by atoms with E-state index >= 15 is 0 Å². The van der Waals surface area contributed by atoms with Gasteiger partial charge in [0.05, 0.1) is 5.69 Å². The van der Waals surface area contributed by atoms with Crippen LogP contribution in [0.4, 0.5) is 10.1 Å². The van der Waals surface area contributed by atoms with E-state index in [0.29, 0.717) is 12.1 Å². The fourth-order valence-electron chi connectivity index (χ4n) is 2.27. The van der Waals surface area contributed by atoms with E-state index in [4.69, 9.17) is 0 Å². The first kappa shape index (κ1) is 16.1. The molecule has 0 radical (unpaired) electrons. The van der Waals surface area contributed by atoms with Crippen molar-refractivity contribution >= 4 is 27.5 Å². The number of sulfonamides is 1. The summed E-state index contributed by atoms with van der Waals surface area (Å²) in [7, 11) is -3.90. The molecule has 0 fully saturated rings. The van der Waals surface area contributed by atoms with Gasteiger partial charge in [-0.3, -0.25) is 4.79 Å². The van der Waals surface area contributed by atoms with Gasteiger partial charge in [0.2, 0.25) is 5.84 Å². The lowest BCUT2D eigenvalue weighted by molar-refractivity contribution is -0.114. The third-order valence-corrected chi connectivity index (χ3v) is 4.79. The van der Waals surface area contributed by atoms with Crippen molar-refractivity contribution in [3.8, 4) is 0 Å². The van der Waals surface area contributed by atoms with Crippen LogP contribution in [0.15, 0.2) is 57.8 Å². The first-order chi connectivity index (χ1) is 11.5. The maximum Gasteiger partial charge on any atom is 0.287 e. The second-order valence-electron chi connectivity index (χ2n) is 5.17. The number of carbonyl (C=O) groups is 1. The molecule has 2 aromatic rings. The zero-order chi connectivity index (χ0) is 17.2. The van der Waals surface area contributed by atoms with Crippen LogP contribution in [0.5, 0.6) is 0 Å². The quantitative estimate of drug-likeness (QED) is 0.881. The van der Waals surface area contributed by atoms with E-state index in [1.54, 1.807) is 30.3 Å². The van der Waals surface area contributed by atoms with Gasteiger partial charge in [0.25, 0.3) is 15.9 Å². The Morgan fingerprint density at radius 2 is 1.83 bits per heavy atom. The molecule has 0 aromatic heterocycles. The highest BCUT2D eigenvalue weighted by molar-refractivity contribution is 7.90. The van der Waals surface area contributed by atoms with Gasteiger partial charge in [-0.1, -0.05) is 24.3 Å². The molecule has 1 amide bonds. The first-order valence-electron chi connectivity index (χ1n) is 7.19. The third-order valence-electron chi connectivity index (χ3n) is 3.46. The van der Waals surface area contributed by atoms with Crippen LogP contribution in [-0.4, -0.2) is 26.7 Å². The van der Waals surface area contributed by atoms with Crippen molar-refractivity contribution in [3.63, 3.8) is 0 Å². The van der Waals surface area contributed by atoms with Crippen LogP contribution >= 0.6 is 0 Å². The third kappa shape index (κ3) is 3.43. The highest BCUT2D eigenvalue weighted by Gasteiger charge is 2.27. The van der Waals surface area contributed by atoms with E-state index < -0.39 is 15.9 Å². The summed E-state index contributed by atoms with van der Waals surface area (Å²) in [5, 5.41) is 5.31. The number of hydrogen-bond acceptors (Lipinski definition) is 4. The molecule has 0 atom stereocenters. The zero-order valence-electron chi connectivity index (χ0n) is 12.5. The summed E-state index contributed by atoms with van der Waals surface area (Å²) in [6, 6.07) is 12.2. The van der Waals surface area contributed by atoms with E-state index in [2.05, 4.69) is 15.0 Å². The molecule has 1 aliphatic heterocycles. The Kier molecular flexibility index (Phi) is 4.30. The fourth-order valence-corrected chi connectivity index (χ4v) is 3.38. The van der Waals surface area contributed by atoms with Crippen molar-refractivity contribution in [1.82, 2.24) is 5.32 Å². The van der Waals surface area contributed by atoms with Gasteiger partial charge >= 0.3 is 0 Å². The summed E-state index contributed by atoms with van der Waals surface area (Å²) < 4.78 is 40.5. The van der Waals surface area contributed by atoms with Gasteiger partial charge in [0.15, 0.2) is 0 Å². The molecule has 24 heavy (non-hydrogen) atoms. The molecule has 0 saturated carbocycles. The van der Waals surface area contributed by atoms with Gasteiger partial charge < -0.3 is 10.6 Å². The van der Waals surface area contributed by atoms with E-state index in [-0.39, 0.29) is 23.1 Å². The van der Waals surface area contributed by atoms with E-state index in [1.807, 2.05) is 0 Å². The number of anilines is 1. The number of fused-ring (bicyclic) bond motifs is 1. The van der Waals surface area contributed by atoms with Crippen LogP contribution in [0.3, 0.4) is 0 Å². The zero-order valence-corrected chi connectivity index (χ0v) is 13.3. The highest BCUT2D eigenvalue weighted by Crippen LogP contribution is 2.26. The standard InChI is InChI=1S/C16H14FN3O3S/c17-12-7-5-11(6-8-12)9-10-18-16(21)15-19-13-3-1-2-4-14(13)24(22,23)20-15/h1-8H,9-10H2,(H,18,21)(H,19,20). The number of halogens is 1. The van der Waals surface area contributed by atoms with E-state index in [0.717, 1.165) is 5.56 Å². The largest absolute Gasteiger partial charge is 0.349 e. The highest BCUT2D eigenvalue weighted by atomic mass is 32.2. The molecule has 3 rings (SSSR count). The summed E-state index contributed by atoms with van der Waals surface area (Å²) in [6.45, 7) is 0.271. The number of hydrogen-bond donors (Lipinski definition) is 2. The Morgan fingerprint density at radius 1 is 1.12 bits per heavy atom. The predicted octanol–water partition coefficient (Wildman–Crippen LogP) is 1.70. The lowest BCUT2D eigenvalue weighted by Gasteiger charge is -2.17. The van der Waals surface area contributed by atoms with Crippen molar-refractivity contribution in [3.05, 3.63) is 59.9 Å². The normalized spacial score (nSPS) is 15.0. The van der Waals surface area contributed by atoms with Crippen LogP contribution in [0.2, 0.25) is 0 Å². The number of benzene rings is 2. The van der Waals surface area contributed by atoms with E-state index in [1.165, 1.54) is 18.2 Å². The van der Waals surface area contributed by atoms with Crippen molar-refractivity contribution in [1.29, 1.82) is 0 Å². The van der Waals surface area contributed by atoms with E-state index in [9.17, 15) is 17.6 Å². The minimum absolute atomic E-state index is 0.0351. The number of rotatable bonds is 4. The molecule has 124 valence electrons. The summed E-state index contributed by atoms with van der Waals surface area (Å²) in [5.41, 5.74) is 1.17. The average Bonchev–Trinajstić information content (AvgIpc) is 2.56. The minimum Gasteiger partial charge on any atom is -0.349 e. The second-order valence-corrected chi connectivity index (χ2v) is 6.74. The summed E-state index contributed by atoms with van der Waals surface area (Å²) >= 11 is 0. The number of nitrogens with one attached hydrogen (secondary N) is 2. The Hall–Kier alpha value is -2.74. The lowest BCUT2D eigenvalue weighted by atomic mass is 10.1. The predicted molar refractivity (Wildman–Crippen MR) is 87.8 cm³/mol. The van der Waals surface area contributed by atoms with Crippen LogP contribution in [0, 0.1) is 5.82 Å². The summed E-state index contributed by atoms with van der Waals surface area (Å²) in [6.07, 6.45) is 0.489. The van der Waals surface area contributed by atoms with Gasteiger partial charge in [0, 0.05) is 6.54 Å². The van der Waals surface area contributed by atoms with Crippen molar-refractivity contribution in [2.24, 2.45) is 4.40 Å². The number of nitrogens with zero attached hydrogens (tertiary/aromatic N) is 1. The van der Waals surface area contributed by atoms with Crippen molar-refractivity contribution in [2.75, 3.05) is 11.9 Å². The molecule has 0 bridgehead atoms. The molecule has 0 saturated heterocycles. The fraction of sp³-hybridized carbons (Fsp3) is 0.125. The number of amidine groups is 1. The van der Waals surface area contributed by atoms with Gasteiger partial charge in [0.1, 0.15) is 10.7 Å². The first-order valence-corrected chi connectivity index (χ1v) is 8.63. The lowest BCUT2D eigenvalue weighted by Crippen LogP contribution is -2.39. The van der Waals surface area contributed by atoms with Crippen LogP contribution in [0.1, 0.15) is 5.56 Å². The van der Waals surface area contributed by atoms with Crippen LogP contribution in [-0.2, 0) is 21.2 Å². The maximum atomic E-state index is 12.8. The Morgan fingerprint density at radius 3 is 2.58 bits per heavy atom. The molecule has 0 unspecified atom stereocenters. The Labute approximate surface area is 138 Å². The molecule has 2 N–H and O–H groups in total. The average molecular weight is 347 g/mol. The van der Waals surface area contributed by atoms with Crippen LogP contribution < -0.4 is 10.6 Å². The smallest absolute Gasteiger partial charge is 0.287 e. The second kappa shape index (κ2) is 6.40. The maximum absolute atomic E-state index is 12.8. The number of amides is 1. The monoisotopic (exact) mass is 347 g/mol. The molecule has 0 aliphatic carbocycles. The molecule has 8 heteroatoms. The Balaban J connectivity index is 1.66. The topological polar surface area (TPSA) is 87.6 Å². The van der Waals surface area contributed by atoms with Gasteiger partial charge in [-0.15, -0.1) is 4.40 Å². The summed E-state index contributed by atoms with van der Waals surface area (Å²) in [5.74, 6) is -1.21. The molecular formula is C16H14FN3O3S. The molecule has 2 aromatic carbocycles.